The zero-order valence-electron chi connectivity index (χ0n) is 16.5. The Morgan fingerprint density at radius 2 is 1.90 bits per heavy atom. The van der Waals surface area contributed by atoms with Crippen molar-refractivity contribution in [1.29, 1.82) is 0 Å². The highest BCUT2D eigenvalue weighted by Crippen LogP contribution is 2.41. The van der Waals surface area contributed by atoms with Crippen LogP contribution in [0.1, 0.15) is 34.6 Å². The predicted molar refractivity (Wildman–Crippen MR) is 118 cm³/mol. The van der Waals surface area contributed by atoms with E-state index in [0.717, 1.165) is 5.56 Å². The monoisotopic (exact) mass is 432 g/mol. The molecule has 31 heavy (non-hydrogen) atoms. The van der Waals surface area contributed by atoms with Gasteiger partial charge < -0.3 is 9.15 Å². The first-order valence-corrected chi connectivity index (χ1v) is 10.2. The van der Waals surface area contributed by atoms with E-state index in [1.165, 1.54) is 4.90 Å². The van der Waals surface area contributed by atoms with Crippen LogP contribution in [0.5, 0.6) is 5.75 Å². The zero-order chi connectivity index (χ0) is 21.5. The van der Waals surface area contributed by atoms with Crippen molar-refractivity contribution in [3.8, 4) is 5.75 Å². The third kappa shape index (κ3) is 3.16. The lowest BCUT2D eigenvalue weighted by molar-refractivity contribution is 0.0970. The fourth-order valence-electron chi connectivity index (χ4n) is 3.91. The summed E-state index contributed by atoms with van der Waals surface area (Å²) in [7, 11) is 0. The molecule has 0 saturated heterocycles. The van der Waals surface area contributed by atoms with Gasteiger partial charge in [0.05, 0.1) is 23.6 Å². The van der Waals surface area contributed by atoms with Crippen LogP contribution in [0, 0.1) is 0 Å². The summed E-state index contributed by atoms with van der Waals surface area (Å²) in [6, 6.07) is 16.7. The minimum Gasteiger partial charge on any atom is -0.494 e. The molecule has 6 nitrogen and oxygen atoms in total. The van der Waals surface area contributed by atoms with Crippen LogP contribution in [0.15, 0.2) is 76.1 Å². The maximum atomic E-state index is 13.5. The van der Waals surface area contributed by atoms with E-state index in [2.05, 4.69) is 4.98 Å². The van der Waals surface area contributed by atoms with Crippen LogP contribution in [-0.2, 0) is 0 Å². The molecular weight excluding hydrogens is 416 g/mol. The number of halogens is 1. The Morgan fingerprint density at radius 1 is 1.10 bits per heavy atom. The van der Waals surface area contributed by atoms with Gasteiger partial charge in [0.25, 0.3) is 5.91 Å². The molecule has 1 amide bonds. The predicted octanol–water partition coefficient (Wildman–Crippen LogP) is 4.99. The highest BCUT2D eigenvalue weighted by molar-refractivity contribution is 6.31. The SMILES string of the molecule is CCOc1ccc([C@@H]2c3c(oc4ccc(Cl)cc4c3=O)C(=O)N2c2ccccn2)cc1. The van der Waals surface area contributed by atoms with Crippen molar-refractivity contribution in [2.24, 2.45) is 0 Å². The van der Waals surface area contributed by atoms with E-state index in [0.29, 0.717) is 34.2 Å². The molecule has 0 radical (unpaired) electrons. The van der Waals surface area contributed by atoms with Crippen LogP contribution in [-0.4, -0.2) is 17.5 Å². The second-order valence-electron chi connectivity index (χ2n) is 7.08. The third-order valence-electron chi connectivity index (χ3n) is 5.24. The van der Waals surface area contributed by atoms with Gasteiger partial charge in [-0.1, -0.05) is 29.8 Å². The number of amides is 1. The molecule has 2 aromatic carbocycles. The van der Waals surface area contributed by atoms with Gasteiger partial charge in [0, 0.05) is 11.2 Å². The van der Waals surface area contributed by atoms with Gasteiger partial charge in [0.1, 0.15) is 17.2 Å². The lowest BCUT2D eigenvalue weighted by Gasteiger charge is -2.24. The molecule has 1 aliphatic heterocycles. The van der Waals surface area contributed by atoms with Crippen molar-refractivity contribution in [2.45, 2.75) is 13.0 Å². The number of aromatic nitrogens is 1. The van der Waals surface area contributed by atoms with E-state index in [-0.39, 0.29) is 16.8 Å². The van der Waals surface area contributed by atoms with E-state index in [1.807, 2.05) is 31.2 Å². The lowest BCUT2D eigenvalue weighted by atomic mass is 9.98. The van der Waals surface area contributed by atoms with E-state index >= 15 is 0 Å². The number of carbonyl (C=O) groups is 1. The molecule has 7 heteroatoms. The summed E-state index contributed by atoms with van der Waals surface area (Å²) in [4.78, 5) is 32.8. The number of ether oxygens (including phenoxy) is 1. The van der Waals surface area contributed by atoms with E-state index in [4.69, 9.17) is 20.8 Å². The summed E-state index contributed by atoms with van der Waals surface area (Å²) in [6.45, 7) is 2.45. The van der Waals surface area contributed by atoms with Crippen molar-refractivity contribution >= 4 is 34.3 Å². The topological polar surface area (TPSA) is 72.6 Å². The van der Waals surface area contributed by atoms with Crippen molar-refractivity contribution in [2.75, 3.05) is 11.5 Å². The quantitative estimate of drug-likeness (QED) is 0.454. The van der Waals surface area contributed by atoms with Crippen LogP contribution in [0.25, 0.3) is 11.0 Å². The maximum absolute atomic E-state index is 13.5. The van der Waals surface area contributed by atoms with Crippen molar-refractivity contribution in [3.63, 3.8) is 0 Å². The fourth-order valence-corrected chi connectivity index (χ4v) is 4.08. The van der Waals surface area contributed by atoms with Gasteiger partial charge >= 0.3 is 0 Å². The van der Waals surface area contributed by atoms with Crippen LogP contribution in [0.4, 0.5) is 5.82 Å². The Hall–Kier alpha value is -3.64. The summed E-state index contributed by atoms with van der Waals surface area (Å²) in [5, 5.41) is 0.751. The average molecular weight is 433 g/mol. The number of rotatable bonds is 4. The van der Waals surface area contributed by atoms with Gasteiger partial charge in [-0.25, -0.2) is 4.98 Å². The Labute approximate surface area is 182 Å². The van der Waals surface area contributed by atoms with E-state index < -0.39 is 11.9 Å². The van der Waals surface area contributed by atoms with Crippen molar-refractivity contribution < 1.29 is 13.9 Å². The Morgan fingerprint density at radius 3 is 2.61 bits per heavy atom. The molecule has 3 heterocycles. The minimum atomic E-state index is -0.687. The first kappa shape index (κ1) is 19.3. The molecule has 0 N–H and O–H groups in total. The lowest BCUT2D eigenvalue weighted by Crippen LogP contribution is -2.30. The average Bonchev–Trinajstić information content (AvgIpc) is 3.08. The largest absolute Gasteiger partial charge is 0.494 e. The Kier molecular flexibility index (Phi) is 4.71. The van der Waals surface area contributed by atoms with Crippen molar-refractivity contribution in [1.82, 2.24) is 4.98 Å². The molecule has 0 bridgehead atoms. The van der Waals surface area contributed by atoms with Gasteiger partial charge in [-0.15, -0.1) is 0 Å². The normalized spacial score (nSPS) is 15.4. The summed E-state index contributed by atoms with van der Waals surface area (Å²) in [5.74, 6) is 0.739. The molecule has 0 spiro atoms. The van der Waals surface area contributed by atoms with E-state index in [9.17, 15) is 9.59 Å². The molecule has 1 atom stereocenters. The third-order valence-corrected chi connectivity index (χ3v) is 5.47. The highest BCUT2D eigenvalue weighted by Gasteiger charge is 2.44. The molecule has 154 valence electrons. The summed E-state index contributed by atoms with van der Waals surface area (Å²) in [5.41, 5.74) is 1.05. The van der Waals surface area contributed by atoms with Crippen LogP contribution >= 0.6 is 11.6 Å². The molecule has 1 aliphatic rings. The molecule has 0 saturated carbocycles. The first-order valence-electron chi connectivity index (χ1n) is 9.82. The number of anilines is 1. The van der Waals surface area contributed by atoms with Gasteiger partial charge in [0.15, 0.2) is 5.43 Å². The summed E-state index contributed by atoms with van der Waals surface area (Å²) >= 11 is 6.11. The van der Waals surface area contributed by atoms with Gasteiger partial charge in [-0.2, -0.15) is 0 Å². The summed E-state index contributed by atoms with van der Waals surface area (Å²) in [6.07, 6.45) is 1.60. The standard InChI is InChI=1S/C24H17ClN2O4/c1-2-30-16-9-6-14(7-10-16)21-20-22(28)17-13-15(25)8-11-18(17)31-23(20)24(29)27(21)19-5-3-4-12-26-19/h3-13,21H,2H2,1H3/t21-/m1/s1. The number of carbonyl (C=O) groups excluding carboxylic acids is 1. The number of hydrogen-bond acceptors (Lipinski definition) is 5. The minimum absolute atomic E-state index is 0.0179. The van der Waals surface area contributed by atoms with Gasteiger partial charge in [-0.3, -0.25) is 14.5 Å². The van der Waals surface area contributed by atoms with Gasteiger partial charge in [0.2, 0.25) is 5.76 Å². The molecule has 0 fully saturated rings. The first-order chi connectivity index (χ1) is 15.1. The second kappa shape index (κ2) is 7.56. The highest BCUT2D eigenvalue weighted by atomic mass is 35.5. The second-order valence-corrected chi connectivity index (χ2v) is 7.52. The molecular formula is C24H17ClN2O4. The molecule has 0 aliphatic carbocycles. The van der Waals surface area contributed by atoms with E-state index in [1.54, 1.807) is 42.6 Å². The zero-order valence-corrected chi connectivity index (χ0v) is 17.3. The Bertz CT molecular complexity index is 1350. The fraction of sp³-hybridized carbons (Fsp3) is 0.125. The van der Waals surface area contributed by atoms with Crippen LogP contribution in [0.3, 0.4) is 0 Å². The molecule has 0 unspecified atom stereocenters. The van der Waals surface area contributed by atoms with Crippen molar-refractivity contribution in [3.05, 3.63) is 99.0 Å². The molecule has 2 aromatic heterocycles. The number of fused-ring (bicyclic) bond motifs is 2. The number of hydrogen-bond donors (Lipinski definition) is 0. The van der Waals surface area contributed by atoms with Crippen LogP contribution < -0.4 is 15.1 Å². The number of nitrogens with zero attached hydrogens (tertiary/aromatic N) is 2. The number of benzene rings is 2. The Balaban J connectivity index is 1.76. The smallest absolute Gasteiger partial charge is 0.296 e. The molecule has 4 aromatic rings. The summed E-state index contributed by atoms with van der Waals surface area (Å²) < 4.78 is 11.4. The van der Waals surface area contributed by atoms with Crippen LogP contribution in [0.2, 0.25) is 5.02 Å². The molecule has 5 rings (SSSR count). The number of pyridine rings is 1. The maximum Gasteiger partial charge on any atom is 0.296 e. The van der Waals surface area contributed by atoms with Gasteiger partial charge in [-0.05, 0) is 55.0 Å².